The molecule has 0 spiro atoms. The number of carbonyl (C=O) groups is 2. The summed E-state index contributed by atoms with van der Waals surface area (Å²) in [5.74, 6) is -0.0181. The largest absolute Gasteiger partial charge is 0.442 e. The van der Waals surface area contributed by atoms with E-state index in [1.807, 2.05) is 0 Å². The maximum absolute atomic E-state index is 11.9. The highest BCUT2D eigenvalue weighted by Crippen LogP contribution is 2.22. The fourth-order valence-corrected chi connectivity index (χ4v) is 2.50. The quantitative estimate of drug-likeness (QED) is 0.907. The average Bonchev–Trinajstić information content (AvgIpc) is 2.81. The molecule has 1 N–H and O–H groups in total. The van der Waals surface area contributed by atoms with Gasteiger partial charge in [-0.1, -0.05) is 45.0 Å². The molecule has 1 atom stereocenters. The summed E-state index contributed by atoms with van der Waals surface area (Å²) in [5.41, 5.74) is 2.58. The van der Waals surface area contributed by atoms with Crippen LogP contribution in [0.2, 0.25) is 0 Å². The van der Waals surface area contributed by atoms with Crippen LogP contribution in [0.4, 0.5) is 4.79 Å². The predicted octanol–water partition coefficient (Wildman–Crippen LogP) is 2.48. The molecule has 2 amide bonds. The number of benzene rings is 1. The highest BCUT2D eigenvalue weighted by atomic mass is 16.6. The van der Waals surface area contributed by atoms with Gasteiger partial charge in [0.05, 0.1) is 13.1 Å². The van der Waals surface area contributed by atoms with Gasteiger partial charge in [-0.2, -0.15) is 0 Å². The van der Waals surface area contributed by atoms with Crippen molar-refractivity contribution in [2.45, 2.75) is 45.1 Å². The Labute approximate surface area is 138 Å². The Bertz CT molecular complexity index is 561. The number of hydrogen-bond acceptors (Lipinski definition) is 3. The average molecular weight is 318 g/mol. The molecule has 2 rings (SSSR count). The summed E-state index contributed by atoms with van der Waals surface area (Å²) in [4.78, 5) is 24.6. The van der Waals surface area contributed by atoms with Gasteiger partial charge in [-0.3, -0.25) is 4.79 Å². The van der Waals surface area contributed by atoms with Gasteiger partial charge in [-0.15, -0.1) is 0 Å². The van der Waals surface area contributed by atoms with Gasteiger partial charge in [0.25, 0.3) is 0 Å². The minimum Gasteiger partial charge on any atom is -0.442 e. The predicted molar refractivity (Wildman–Crippen MR) is 89.4 cm³/mol. The third kappa shape index (κ3) is 4.98. The molecule has 1 aliphatic rings. The molecule has 1 saturated heterocycles. The third-order valence-electron chi connectivity index (χ3n) is 4.04. The van der Waals surface area contributed by atoms with Gasteiger partial charge >= 0.3 is 6.09 Å². The molecule has 1 aliphatic heterocycles. The Balaban J connectivity index is 1.73. The molecule has 1 aromatic carbocycles. The SMILES string of the molecule is CN1CC(CNC(=O)CCc2ccc(C(C)(C)C)cc2)OC1=O. The van der Waals surface area contributed by atoms with Crippen LogP contribution in [0.5, 0.6) is 0 Å². The van der Waals surface area contributed by atoms with E-state index in [0.717, 1.165) is 5.56 Å². The molecule has 23 heavy (non-hydrogen) atoms. The summed E-state index contributed by atoms with van der Waals surface area (Å²) in [6.07, 6.45) is 0.567. The summed E-state index contributed by atoms with van der Waals surface area (Å²) < 4.78 is 5.10. The first-order valence-electron chi connectivity index (χ1n) is 8.03. The molecule has 1 unspecified atom stereocenters. The van der Waals surface area contributed by atoms with Crippen molar-refractivity contribution in [3.05, 3.63) is 35.4 Å². The number of aryl methyl sites for hydroxylation is 1. The summed E-state index contributed by atoms with van der Waals surface area (Å²) >= 11 is 0. The molecule has 1 heterocycles. The van der Waals surface area contributed by atoms with Gasteiger partial charge in [0, 0.05) is 13.5 Å². The smallest absolute Gasteiger partial charge is 0.410 e. The maximum atomic E-state index is 11.9. The number of rotatable bonds is 5. The second kappa shape index (κ2) is 7.02. The second-order valence-electron chi connectivity index (χ2n) is 7.14. The number of cyclic esters (lactones) is 1. The standard InChI is InChI=1S/C18H26N2O3/c1-18(2,3)14-8-5-13(6-9-14)7-10-16(21)19-11-15-12-20(4)17(22)23-15/h5-6,8-9,15H,7,10-12H2,1-4H3,(H,19,21). The zero-order valence-corrected chi connectivity index (χ0v) is 14.4. The minimum atomic E-state index is -0.330. The lowest BCUT2D eigenvalue weighted by Crippen LogP contribution is -2.34. The zero-order valence-electron chi connectivity index (χ0n) is 14.4. The van der Waals surface area contributed by atoms with Crippen LogP contribution in [0.1, 0.15) is 38.3 Å². The van der Waals surface area contributed by atoms with Gasteiger partial charge in [-0.05, 0) is 23.0 Å². The van der Waals surface area contributed by atoms with Crippen LogP contribution < -0.4 is 5.32 Å². The fraction of sp³-hybridized carbons (Fsp3) is 0.556. The van der Waals surface area contributed by atoms with Crippen molar-refractivity contribution in [2.75, 3.05) is 20.1 Å². The van der Waals surface area contributed by atoms with Gasteiger partial charge in [0.1, 0.15) is 6.10 Å². The van der Waals surface area contributed by atoms with Crippen molar-refractivity contribution in [3.8, 4) is 0 Å². The van der Waals surface area contributed by atoms with E-state index in [1.54, 1.807) is 7.05 Å². The van der Waals surface area contributed by atoms with E-state index in [9.17, 15) is 9.59 Å². The summed E-state index contributed by atoms with van der Waals surface area (Å²) in [6.45, 7) is 7.44. The van der Waals surface area contributed by atoms with E-state index in [-0.39, 0.29) is 23.5 Å². The molecule has 0 saturated carbocycles. The fourth-order valence-electron chi connectivity index (χ4n) is 2.50. The van der Waals surface area contributed by atoms with Crippen molar-refractivity contribution in [2.24, 2.45) is 0 Å². The van der Waals surface area contributed by atoms with Gasteiger partial charge in [0.2, 0.25) is 5.91 Å². The first-order chi connectivity index (χ1) is 10.8. The molecule has 1 fully saturated rings. The molecule has 1 aromatic rings. The summed E-state index contributed by atoms with van der Waals surface area (Å²) in [7, 11) is 1.69. The van der Waals surface area contributed by atoms with Crippen LogP contribution in [0, 0.1) is 0 Å². The molecule has 0 radical (unpaired) electrons. The summed E-state index contributed by atoms with van der Waals surface area (Å²) in [6, 6.07) is 8.42. The number of nitrogens with one attached hydrogen (secondary N) is 1. The molecular formula is C18H26N2O3. The van der Waals surface area contributed by atoms with Crippen molar-refractivity contribution in [3.63, 3.8) is 0 Å². The second-order valence-corrected chi connectivity index (χ2v) is 7.14. The Hall–Kier alpha value is -2.04. The number of nitrogens with zero attached hydrogens (tertiary/aromatic N) is 1. The topological polar surface area (TPSA) is 58.6 Å². The van der Waals surface area contributed by atoms with E-state index >= 15 is 0 Å². The Morgan fingerprint density at radius 1 is 1.30 bits per heavy atom. The molecule has 5 nitrogen and oxygen atoms in total. The van der Waals surface area contributed by atoms with E-state index in [4.69, 9.17) is 4.74 Å². The van der Waals surface area contributed by atoms with Gasteiger partial charge in [-0.25, -0.2) is 4.79 Å². The number of likely N-dealkylation sites (N-methyl/N-ethyl adjacent to an activating group) is 1. The Kier molecular flexibility index (Phi) is 5.29. The van der Waals surface area contributed by atoms with Crippen LogP contribution >= 0.6 is 0 Å². The molecule has 0 bridgehead atoms. The minimum absolute atomic E-state index is 0.0181. The number of hydrogen-bond donors (Lipinski definition) is 1. The van der Waals surface area contributed by atoms with E-state index < -0.39 is 0 Å². The molecule has 0 aromatic heterocycles. The highest BCUT2D eigenvalue weighted by molar-refractivity contribution is 5.76. The van der Waals surface area contributed by atoms with Crippen LogP contribution in [-0.4, -0.2) is 43.1 Å². The van der Waals surface area contributed by atoms with Crippen molar-refractivity contribution >= 4 is 12.0 Å². The lowest BCUT2D eigenvalue weighted by Gasteiger charge is -2.19. The normalized spacial score (nSPS) is 18.0. The van der Waals surface area contributed by atoms with E-state index in [2.05, 4.69) is 50.4 Å². The van der Waals surface area contributed by atoms with Crippen LogP contribution in [-0.2, 0) is 21.4 Å². The van der Waals surface area contributed by atoms with Crippen LogP contribution in [0.25, 0.3) is 0 Å². The van der Waals surface area contributed by atoms with Crippen LogP contribution in [0.3, 0.4) is 0 Å². The van der Waals surface area contributed by atoms with Gasteiger partial charge in [0.15, 0.2) is 0 Å². The van der Waals surface area contributed by atoms with Gasteiger partial charge < -0.3 is 15.0 Å². The monoisotopic (exact) mass is 318 g/mol. The first kappa shape index (κ1) is 17.3. The molecular weight excluding hydrogens is 292 g/mol. The van der Waals surface area contributed by atoms with E-state index in [1.165, 1.54) is 10.5 Å². The zero-order chi connectivity index (χ0) is 17.0. The van der Waals surface area contributed by atoms with Crippen molar-refractivity contribution in [1.29, 1.82) is 0 Å². The molecule has 5 heteroatoms. The van der Waals surface area contributed by atoms with Crippen molar-refractivity contribution in [1.82, 2.24) is 10.2 Å². The lowest BCUT2D eigenvalue weighted by molar-refractivity contribution is -0.121. The molecule has 0 aliphatic carbocycles. The van der Waals surface area contributed by atoms with Crippen molar-refractivity contribution < 1.29 is 14.3 Å². The Morgan fingerprint density at radius 3 is 2.48 bits per heavy atom. The molecule has 126 valence electrons. The Morgan fingerprint density at radius 2 is 1.96 bits per heavy atom. The lowest BCUT2D eigenvalue weighted by atomic mass is 9.86. The van der Waals surface area contributed by atoms with E-state index in [0.29, 0.717) is 25.9 Å². The highest BCUT2D eigenvalue weighted by Gasteiger charge is 2.28. The third-order valence-corrected chi connectivity index (χ3v) is 4.04. The number of carbonyl (C=O) groups excluding carboxylic acids is 2. The number of ether oxygens (including phenoxy) is 1. The van der Waals surface area contributed by atoms with Crippen LogP contribution in [0.15, 0.2) is 24.3 Å². The maximum Gasteiger partial charge on any atom is 0.410 e. The summed E-state index contributed by atoms with van der Waals surface area (Å²) in [5, 5.41) is 2.83. The first-order valence-corrected chi connectivity index (χ1v) is 8.03. The number of amides is 2.